The van der Waals surface area contributed by atoms with Crippen molar-refractivity contribution in [1.82, 2.24) is 15.0 Å². The zero-order chi connectivity index (χ0) is 16.8. The summed E-state index contributed by atoms with van der Waals surface area (Å²) in [5.41, 5.74) is 9.00. The number of benzene rings is 2. The molecule has 3 aromatic rings. The van der Waals surface area contributed by atoms with Gasteiger partial charge in [0.05, 0.1) is 6.54 Å². The van der Waals surface area contributed by atoms with E-state index in [1.165, 1.54) is 5.56 Å². The maximum atomic E-state index is 5.82. The van der Waals surface area contributed by atoms with Crippen molar-refractivity contribution >= 4 is 23.3 Å². The SMILES string of the molecule is CCc1ccccc1Nc1nc(N)nc(CNc2ccccc2)n1. The number of nitrogens with two attached hydrogens (primary N) is 1. The van der Waals surface area contributed by atoms with E-state index in [2.05, 4.69) is 38.6 Å². The van der Waals surface area contributed by atoms with Crippen LogP contribution < -0.4 is 16.4 Å². The summed E-state index contributed by atoms with van der Waals surface area (Å²) in [6.07, 6.45) is 0.923. The number of aryl methyl sites for hydroxylation is 1. The number of anilines is 4. The van der Waals surface area contributed by atoms with Crippen molar-refractivity contribution in [3.8, 4) is 0 Å². The fraction of sp³-hybridized carbons (Fsp3) is 0.167. The molecule has 122 valence electrons. The fourth-order valence-corrected chi connectivity index (χ4v) is 2.38. The molecule has 0 amide bonds. The number of rotatable bonds is 6. The lowest BCUT2D eigenvalue weighted by Gasteiger charge is -2.11. The van der Waals surface area contributed by atoms with Crippen LogP contribution >= 0.6 is 0 Å². The lowest BCUT2D eigenvalue weighted by atomic mass is 10.1. The van der Waals surface area contributed by atoms with Gasteiger partial charge in [-0.25, -0.2) is 0 Å². The molecule has 0 atom stereocenters. The highest BCUT2D eigenvalue weighted by molar-refractivity contribution is 5.58. The van der Waals surface area contributed by atoms with Gasteiger partial charge in [0.2, 0.25) is 11.9 Å². The zero-order valence-corrected chi connectivity index (χ0v) is 13.5. The third-order valence-electron chi connectivity index (χ3n) is 3.57. The van der Waals surface area contributed by atoms with Gasteiger partial charge in [0.15, 0.2) is 5.82 Å². The highest BCUT2D eigenvalue weighted by atomic mass is 15.2. The van der Waals surface area contributed by atoms with Crippen LogP contribution in [-0.2, 0) is 13.0 Å². The molecule has 2 aromatic carbocycles. The number of nitrogens with one attached hydrogen (secondary N) is 2. The van der Waals surface area contributed by atoms with Crippen molar-refractivity contribution in [3.63, 3.8) is 0 Å². The van der Waals surface area contributed by atoms with Gasteiger partial charge in [-0.15, -0.1) is 0 Å². The van der Waals surface area contributed by atoms with E-state index in [-0.39, 0.29) is 5.95 Å². The number of nitrogen functional groups attached to an aromatic ring is 1. The van der Waals surface area contributed by atoms with E-state index in [4.69, 9.17) is 5.73 Å². The van der Waals surface area contributed by atoms with Crippen molar-refractivity contribution in [2.75, 3.05) is 16.4 Å². The van der Waals surface area contributed by atoms with Gasteiger partial charge in [-0.05, 0) is 30.2 Å². The first-order valence-electron chi connectivity index (χ1n) is 7.89. The standard InChI is InChI=1S/C18H20N6/c1-2-13-8-6-7-11-15(13)21-18-23-16(22-17(19)24-18)12-20-14-9-4-3-5-10-14/h3-11,20H,2,12H2,1H3,(H3,19,21,22,23,24). The Morgan fingerprint density at radius 2 is 1.67 bits per heavy atom. The highest BCUT2D eigenvalue weighted by Crippen LogP contribution is 2.19. The largest absolute Gasteiger partial charge is 0.378 e. The maximum absolute atomic E-state index is 5.82. The summed E-state index contributed by atoms with van der Waals surface area (Å²) >= 11 is 0. The number of para-hydroxylation sites is 2. The van der Waals surface area contributed by atoms with Crippen LogP contribution in [-0.4, -0.2) is 15.0 Å². The van der Waals surface area contributed by atoms with E-state index in [1.54, 1.807) is 0 Å². The minimum absolute atomic E-state index is 0.200. The number of aromatic nitrogens is 3. The van der Waals surface area contributed by atoms with E-state index < -0.39 is 0 Å². The predicted molar refractivity (Wildman–Crippen MR) is 97.1 cm³/mol. The van der Waals surface area contributed by atoms with E-state index in [1.807, 2.05) is 48.5 Å². The molecule has 0 bridgehead atoms. The molecule has 0 aliphatic carbocycles. The van der Waals surface area contributed by atoms with Crippen LogP contribution in [0.4, 0.5) is 23.3 Å². The molecule has 1 aromatic heterocycles. The normalized spacial score (nSPS) is 10.4. The van der Waals surface area contributed by atoms with Gasteiger partial charge in [-0.2, -0.15) is 15.0 Å². The monoisotopic (exact) mass is 320 g/mol. The molecule has 0 saturated carbocycles. The summed E-state index contributed by atoms with van der Waals surface area (Å²) in [4.78, 5) is 12.8. The summed E-state index contributed by atoms with van der Waals surface area (Å²) in [5.74, 6) is 1.24. The molecular formula is C18H20N6. The van der Waals surface area contributed by atoms with Gasteiger partial charge in [0.25, 0.3) is 0 Å². The summed E-state index contributed by atoms with van der Waals surface area (Å²) < 4.78 is 0. The molecule has 0 radical (unpaired) electrons. The second kappa shape index (κ2) is 7.41. The Hall–Kier alpha value is -3.15. The van der Waals surface area contributed by atoms with Crippen LogP contribution in [0.5, 0.6) is 0 Å². The summed E-state index contributed by atoms with van der Waals surface area (Å²) in [7, 11) is 0. The molecule has 0 saturated heterocycles. The molecule has 0 spiro atoms. The minimum Gasteiger partial charge on any atom is -0.378 e. The minimum atomic E-state index is 0.200. The topological polar surface area (TPSA) is 88.8 Å². The summed E-state index contributed by atoms with van der Waals surface area (Å²) in [6, 6.07) is 18.0. The predicted octanol–water partition coefficient (Wildman–Crippen LogP) is 3.37. The van der Waals surface area contributed by atoms with E-state index in [0.29, 0.717) is 18.3 Å². The highest BCUT2D eigenvalue weighted by Gasteiger charge is 2.07. The van der Waals surface area contributed by atoms with Crippen molar-refractivity contribution in [2.45, 2.75) is 19.9 Å². The van der Waals surface area contributed by atoms with E-state index in [0.717, 1.165) is 17.8 Å². The zero-order valence-electron chi connectivity index (χ0n) is 13.5. The molecule has 0 aliphatic rings. The molecule has 0 fully saturated rings. The molecule has 6 heteroatoms. The number of hydrogen-bond acceptors (Lipinski definition) is 6. The third-order valence-corrected chi connectivity index (χ3v) is 3.57. The third kappa shape index (κ3) is 3.98. The van der Waals surface area contributed by atoms with Crippen molar-refractivity contribution < 1.29 is 0 Å². The molecule has 24 heavy (non-hydrogen) atoms. The Bertz CT molecular complexity index is 804. The first-order valence-corrected chi connectivity index (χ1v) is 7.89. The molecule has 3 rings (SSSR count). The van der Waals surface area contributed by atoms with E-state index in [9.17, 15) is 0 Å². The lowest BCUT2D eigenvalue weighted by molar-refractivity contribution is 0.920. The van der Waals surface area contributed by atoms with E-state index >= 15 is 0 Å². The van der Waals surface area contributed by atoms with Crippen LogP contribution in [0.3, 0.4) is 0 Å². The average Bonchev–Trinajstić information content (AvgIpc) is 2.61. The molecule has 4 N–H and O–H groups in total. The molecular weight excluding hydrogens is 300 g/mol. The second-order valence-corrected chi connectivity index (χ2v) is 5.29. The Balaban J connectivity index is 1.76. The van der Waals surface area contributed by atoms with Crippen molar-refractivity contribution in [1.29, 1.82) is 0 Å². The fourth-order valence-electron chi connectivity index (χ4n) is 2.38. The summed E-state index contributed by atoms with van der Waals surface area (Å²) in [5, 5.41) is 6.50. The van der Waals surface area contributed by atoms with Gasteiger partial charge >= 0.3 is 0 Å². The van der Waals surface area contributed by atoms with Crippen LogP contribution in [0.1, 0.15) is 18.3 Å². The maximum Gasteiger partial charge on any atom is 0.232 e. The van der Waals surface area contributed by atoms with Crippen LogP contribution in [0, 0.1) is 0 Å². The van der Waals surface area contributed by atoms with Gasteiger partial charge in [0, 0.05) is 11.4 Å². The van der Waals surface area contributed by atoms with Gasteiger partial charge in [0.1, 0.15) is 0 Å². The molecule has 0 unspecified atom stereocenters. The Kier molecular flexibility index (Phi) is 4.86. The van der Waals surface area contributed by atoms with Crippen molar-refractivity contribution in [2.24, 2.45) is 0 Å². The lowest BCUT2D eigenvalue weighted by Crippen LogP contribution is -2.11. The van der Waals surface area contributed by atoms with Crippen LogP contribution in [0.2, 0.25) is 0 Å². The summed E-state index contributed by atoms with van der Waals surface area (Å²) in [6.45, 7) is 2.58. The first kappa shape index (κ1) is 15.7. The average molecular weight is 320 g/mol. The smallest absolute Gasteiger partial charge is 0.232 e. The van der Waals surface area contributed by atoms with Crippen LogP contribution in [0.25, 0.3) is 0 Å². The Morgan fingerprint density at radius 1 is 0.917 bits per heavy atom. The Labute approximate surface area is 141 Å². The first-order chi connectivity index (χ1) is 11.7. The van der Waals surface area contributed by atoms with Gasteiger partial charge in [-0.1, -0.05) is 43.3 Å². The number of nitrogens with zero attached hydrogens (tertiary/aromatic N) is 3. The second-order valence-electron chi connectivity index (χ2n) is 5.29. The molecule has 0 aliphatic heterocycles. The van der Waals surface area contributed by atoms with Crippen LogP contribution in [0.15, 0.2) is 54.6 Å². The van der Waals surface area contributed by atoms with Gasteiger partial charge < -0.3 is 16.4 Å². The number of hydrogen-bond donors (Lipinski definition) is 3. The molecule has 1 heterocycles. The molecule has 6 nitrogen and oxygen atoms in total. The van der Waals surface area contributed by atoms with Crippen molar-refractivity contribution in [3.05, 3.63) is 66.0 Å². The quantitative estimate of drug-likeness (QED) is 0.645. The van der Waals surface area contributed by atoms with Gasteiger partial charge in [-0.3, -0.25) is 0 Å². The Morgan fingerprint density at radius 3 is 2.46 bits per heavy atom.